The van der Waals surface area contributed by atoms with Crippen molar-refractivity contribution < 1.29 is 24.0 Å². The molecule has 0 aliphatic carbocycles. The highest BCUT2D eigenvalue weighted by atomic mass is 35.5. The SMILES string of the molecule is COCCN1C(=O)c2ccc(C(=O)Nc3cc([N+](=O)[O-])ccc3Cl)cc2C1=O. The predicted molar refractivity (Wildman–Crippen MR) is 99.7 cm³/mol. The van der Waals surface area contributed by atoms with Crippen LogP contribution in [0.4, 0.5) is 11.4 Å². The summed E-state index contributed by atoms with van der Waals surface area (Å²) in [7, 11) is 1.46. The summed E-state index contributed by atoms with van der Waals surface area (Å²) >= 11 is 5.98. The molecule has 3 rings (SSSR count). The van der Waals surface area contributed by atoms with Crippen LogP contribution >= 0.6 is 11.6 Å². The van der Waals surface area contributed by atoms with E-state index in [4.69, 9.17) is 16.3 Å². The van der Waals surface area contributed by atoms with Gasteiger partial charge in [0.1, 0.15) is 0 Å². The van der Waals surface area contributed by atoms with E-state index in [9.17, 15) is 24.5 Å². The number of nitrogens with zero attached hydrogens (tertiary/aromatic N) is 2. The van der Waals surface area contributed by atoms with E-state index in [1.54, 1.807) is 0 Å². The Labute approximate surface area is 164 Å². The molecule has 0 radical (unpaired) electrons. The minimum absolute atomic E-state index is 0.0606. The molecule has 0 bridgehead atoms. The number of imide groups is 1. The number of benzene rings is 2. The average molecular weight is 404 g/mol. The molecule has 1 aliphatic heterocycles. The molecule has 2 aromatic carbocycles. The van der Waals surface area contributed by atoms with Crippen molar-refractivity contribution in [1.82, 2.24) is 4.90 Å². The Balaban J connectivity index is 1.85. The topological polar surface area (TPSA) is 119 Å². The summed E-state index contributed by atoms with van der Waals surface area (Å²) in [5, 5.41) is 13.5. The Bertz CT molecular complexity index is 1010. The highest BCUT2D eigenvalue weighted by molar-refractivity contribution is 6.34. The molecule has 0 saturated heterocycles. The molecule has 0 spiro atoms. The van der Waals surface area contributed by atoms with Crippen LogP contribution in [0.5, 0.6) is 0 Å². The summed E-state index contributed by atoms with van der Waals surface area (Å²) in [5.41, 5.74) is 0.245. The molecule has 0 aromatic heterocycles. The van der Waals surface area contributed by atoms with Gasteiger partial charge in [-0.25, -0.2) is 0 Å². The van der Waals surface area contributed by atoms with E-state index in [0.717, 1.165) is 11.0 Å². The van der Waals surface area contributed by atoms with Crippen LogP contribution in [-0.2, 0) is 4.74 Å². The number of nitro benzene ring substituents is 1. The van der Waals surface area contributed by atoms with Gasteiger partial charge in [-0.3, -0.25) is 29.4 Å². The first-order valence-corrected chi connectivity index (χ1v) is 8.45. The Morgan fingerprint density at radius 3 is 2.57 bits per heavy atom. The van der Waals surface area contributed by atoms with E-state index >= 15 is 0 Å². The van der Waals surface area contributed by atoms with Crippen molar-refractivity contribution in [3.05, 3.63) is 68.2 Å². The van der Waals surface area contributed by atoms with Crippen LogP contribution in [0.2, 0.25) is 5.02 Å². The number of carbonyl (C=O) groups is 3. The lowest BCUT2D eigenvalue weighted by Crippen LogP contribution is -2.32. The van der Waals surface area contributed by atoms with Crippen LogP contribution < -0.4 is 5.32 Å². The number of methoxy groups -OCH3 is 1. The van der Waals surface area contributed by atoms with Crippen LogP contribution in [0.15, 0.2) is 36.4 Å². The molecule has 28 heavy (non-hydrogen) atoms. The van der Waals surface area contributed by atoms with Crippen molar-refractivity contribution in [3.8, 4) is 0 Å². The van der Waals surface area contributed by atoms with Crippen molar-refractivity contribution in [1.29, 1.82) is 0 Å². The molecule has 3 amide bonds. The fourth-order valence-corrected chi connectivity index (χ4v) is 2.90. The number of hydrogen-bond acceptors (Lipinski definition) is 6. The standard InChI is InChI=1S/C18H14ClN3O6/c1-28-7-6-21-17(24)12-4-2-10(8-13(12)18(21)25)16(23)20-15-9-11(22(26)27)3-5-14(15)19/h2-5,8-9H,6-7H2,1H3,(H,20,23). The first-order valence-electron chi connectivity index (χ1n) is 8.08. The third-order valence-electron chi connectivity index (χ3n) is 4.16. The second-order valence-corrected chi connectivity index (χ2v) is 6.30. The van der Waals surface area contributed by atoms with Crippen molar-refractivity contribution in [3.63, 3.8) is 0 Å². The minimum atomic E-state index is -0.624. The third kappa shape index (κ3) is 3.57. The van der Waals surface area contributed by atoms with Gasteiger partial charge < -0.3 is 10.1 Å². The van der Waals surface area contributed by atoms with E-state index in [1.807, 2.05) is 0 Å². The molecular formula is C18H14ClN3O6. The number of anilines is 1. The highest BCUT2D eigenvalue weighted by Gasteiger charge is 2.35. The second kappa shape index (κ2) is 7.75. The number of nitro groups is 1. The number of amides is 3. The average Bonchev–Trinajstić information content (AvgIpc) is 2.91. The number of halogens is 1. The zero-order valence-electron chi connectivity index (χ0n) is 14.6. The van der Waals surface area contributed by atoms with E-state index in [-0.39, 0.29) is 46.2 Å². The molecule has 10 heteroatoms. The predicted octanol–water partition coefficient (Wildman–Crippen LogP) is 2.74. The first kappa shape index (κ1) is 19.5. The zero-order chi connectivity index (χ0) is 20.4. The van der Waals surface area contributed by atoms with Crippen LogP contribution in [0.25, 0.3) is 0 Å². The van der Waals surface area contributed by atoms with Gasteiger partial charge in [-0.15, -0.1) is 0 Å². The van der Waals surface area contributed by atoms with Crippen molar-refractivity contribution in [2.45, 2.75) is 0 Å². The Hall–Kier alpha value is -3.30. The van der Waals surface area contributed by atoms with Gasteiger partial charge >= 0.3 is 0 Å². The van der Waals surface area contributed by atoms with E-state index in [1.165, 1.54) is 37.4 Å². The van der Waals surface area contributed by atoms with Gasteiger partial charge in [0.25, 0.3) is 23.4 Å². The van der Waals surface area contributed by atoms with Gasteiger partial charge in [0, 0.05) is 24.8 Å². The van der Waals surface area contributed by atoms with Gasteiger partial charge in [-0.05, 0) is 24.3 Å². The maximum Gasteiger partial charge on any atom is 0.271 e. The van der Waals surface area contributed by atoms with Gasteiger partial charge in [-0.2, -0.15) is 0 Å². The Morgan fingerprint density at radius 2 is 1.89 bits per heavy atom. The fraction of sp³-hybridized carbons (Fsp3) is 0.167. The summed E-state index contributed by atoms with van der Waals surface area (Å²) < 4.78 is 4.89. The van der Waals surface area contributed by atoms with Crippen molar-refractivity contribution in [2.24, 2.45) is 0 Å². The second-order valence-electron chi connectivity index (χ2n) is 5.89. The number of fused-ring (bicyclic) bond motifs is 1. The fourth-order valence-electron chi connectivity index (χ4n) is 2.73. The van der Waals surface area contributed by atoms with Crippen LogP contribution in [0.3, 0.4) is 0 Å². The number of ether oxygens (including phenoxy) is 1. The Kier molecular flexibility index (Phi) is 5.39. The van der Waals surface area contributed by atoms with Gasteiger partial charge in [0.05, 0.1) is 39.9 Å². The number of rotatable bonds is 6. The number of hydrogen-bond donors (Lipinski definition) is 1. The molecule has 1 heterocycles. The summed E-state index contributed by atoms with van der Waals surface area (Å²) in [4.78, 5) is 48.6. The highest BCUT2D eigenvalue weighted by Crippen LogP contribution is 2.28. The molecule has 0 unspecified atom stereocenters. The number of carbonyl (C=O) groups excluding carboxylic acids is 3. The van der Waals surface area contributed by atoms with E-state index in [2.05, 4.69) is 5.32 Å². The molecular weight excluding hydrogens is 390 g/mol. The quantitative estimate of drug-likeness (QED) is 0.450. The number of non-ortho nitro benzene ring substituents is 1. The normalized spacial score (nSPS) is 12.9. The minimum Gasteiger partial charge on any atom is -0.383 e. The Morgan fingerprint density at radius 1 is 1.18 bits per heavy atom. The lowest BCUT2D eigenvalue weighted by Gasteiger charge is -2.12. The van der Waals surface area contributed by atoms with Crippen LogP contribution in [0.1, 0.15) is 31.1 Å². The van der Waals surface area contributed by atoms with Gasteiger partial charge in [-0.1, -0.05) is 11.6 Å². The summed E-state index contributed by atoms with van der Waals surface area (Å²) in [6.45, 7) is 0.303. The summed E-state index contributed by atoms with van der Waals surface area (Å²) in [6.07, 6.45) is 0. The molecule has 0 fully saturated rings. The molecule has 1 N–H and O–H groups in total. The molecule has 1 aliphatic rings. The summed E-state index contributed by atoms with van der Waals surface area (Å²) in [5.74, 6) is -1.59. The first-order chi connectivity index (χ1) is 13.3. The van der Waals surface area contributed by atoms with E-state index < -0.39 is 22.6 Å². The molecule has 0 saturated carbocycles. The van der Waals surface area contributed by atoms with Gasteiger partial charge in [0.15, 0.2) is 0 Å². The van der Waals surface area contributed by atoms with Gasteiger partial charge in [0.2, 0.25) is 0 Å². The molecule has 0 atom stereocenters. The number of nitrogens with one attached hydrogen (secondary N) is 1. The lowest BCUT2D eigenvalue weighted by molar-refractivity contribution is -0.384. The largest absolute Gasteiger partial charge is 0.383 e. The van der Waals surface area contributed by atoms with Crippen LogP contribution in [-0.4, -0.2) is 47.8 Å². The zero-order valence-corrected chi connectivity index (χ0v) is 15.4. The lowest BCUT2D eigenvalue weighted by atomic mass is 10.1. The molecule has 2 aromatic rings. The molecule has 144 valence electrons. The van der Waals surface area contributed by atoms with Crippen LogP contribution in [0, 0.1) is 10.1 Å². The van der Waals surface area contributed by atoms with Crippen molar-refractivity contribution in [2.75, 3.05) is 25.6 Å². The van der Waals surface area contributed by atoms with Crippen molar-refractivity contribution >= 4 is 40.7 Å². The molecule has 9 nitrogen and oxygen atoms in total. The third-order valence-corrected chi connectivity index (χ3v) is 4.49. The van der Waals surface area contributed by atoms with E-state index in [0.29, 0.717) is 0 Å². The monoisotopic (exact) mass is 403 g/mol. The summed E-state index contributed by atoms with van der Waals surface area (Å²) in [6, 6.07) is 7.74. The smallest absolute Gasteiger partial charge is 0.271 e. The maximum atomic E-state index is 12.5. The maximum absolute atomic E-state index is 12.5.